The number of carbonyl (C=O) groups is 3. The highest BCUT2D eigenvalue weighted by Gasteiger charge is 2.31. The maximum atomic E-state index is 13.8. The van der Waals surface area contributed by atoms with E-state index in [0.717, 1.165) is 27.8 Å². The first-order chi connectivity index (χ1) is 19.1. The van der Waals surface area contributed by atoms with Crippen LogP contribution in [0, 0.1) is 0 Å². The van der Waals surface area contributed by atoms with Crippen molar-refractivity contribution in [2.24, 2.45) is 0 Å². The summed E-state index contributed by atoms with van der Waals surface area (Å²) >= 11 is 0. The summed E-state index contributed by atoms with van der Waals surface area (Å²) in [4.78, 5) is 47.9. The van der Waals surface area contributed by atoms with Gasteiger partial charge >= 0.3 is 12.1 Å². The summed E-state index contributed by atoms with van der Waals surface area (Å²) in [6, 6.07) is 19.2. The Bertz CT molecular complexity index is 1560. The molecule has 2 heterocycles. The lowest BCUT2D eigenvalue weighted by Gasteiger charge is -2.27. The summed E-state index contributed by atoms with van der Waals surface area (Å²) in [5, 5.41) is 8.44. The number of rotatable bonds is 5. The highest BCUT2D eigenvalue weighted by Crippen LogP contribution is 2.29. The van der Waals surface area contributed by atoms with E-state index in [1.54, 1.807) is 50.2 Å². The van der Waals surface area contributed by atoms with Crippen LogP contribution in [0.15, 0.2) is 73.1 Å². The van der Waals surface area contributed by atoms with E-state index < -0.39 is 23.8 Å². The molecule has 0 spiro atoms. The Morgan fingerprint density at radius 1 is 1.02 bits per heavy atom. The van der Waals surface area contributed by atoms with Gasteiger partial charge in [0.2, 0.25) is 5.91 Å². The minimum atomic E-state index is -0.730. The molecule has 1 aliphatic heterocycles. The number of nitrogens with zero attached hydrogens (tertiary/aromatic N) is 2. The molecule has 1 aliphatic rings. The minimum Gasteiger partial charge on any atom is -0.444 e. The molecule has 0 saturated heterocycles. The van der Waals surface area contributed by atoms with E-state index in [2.05, 4.69) is 25.9 Å². The average Bonchev–Trinajstić information content (AvgIpc) is 3.32. The largest absolute Gasteiger partial charge is 0.444 e. The zero-order valence-electron chi connectivity index (χ0n) is 22.7. The first kappa shape index (κ1) is 26.7. The number of hydrogen-bond acceptors (Lipinski definition) is 5. The molecular weight excluding hydrogens is 508 g/mol. The number of amides is 4. The lowest BCUT2D eigenvalue weighted by atomic mass is 10.1. The number of aromatic amines is 1. The quantitative estimate of drug-likeness (QED) is 0.263. The van der Waals surface area contributed by atoms with Crippen LogP contribution in [0.2, 0.25) is 0 Å². The molecule has 40 heavy (non-hydrogen) atoms. The van der Waals surface area contributed by atoms with E-state index in [1.165, 1.54) is 0 Å². The van der Waals surface area contributed by atoms with Gasteiger partial charge in [0.25, 0.3) is 0 Å². The molecule has 10 heteroatoms. The van der Waals surface area contributed by atoms with Crippen LogP contribution in [0.4, 0.5) is 26.7 Å². The van der Waals surface area contributed by atoms with Gasteiger partial charge in [0.1, 0.15) is 11.6 Å². The summed E-state index contributed by atoms with van der Waals surface area (Å²) < 4.78 is 5.36. The van der Waals surface area contributed by atoms with Crippen LogP contribution >= 0.6 is 0 Å². The number of aromatic nitrogens is 2. The highest BCUT2D eigenvalue weighted by molar-refractivity contribution is 6.02. The molecular formula is C30H32N6O4. The molecule has 3 aromatic carbocycles. The molecule has 4 aromatic rings. The van der Waals surface area contributed by atoms with E-state index in [0.29, 0.717) is 24.2 Å². The number of fused-ring (bicyclic) bond motifs is 2. The van der Waals surface area contributed by atoms with Crippen molar-refractivity contribution in [3.05, 3.63) is 84.2 Å². The van der Waals surface area contributed by atoms with Gasteiger partial charge in [0, 0.05) is 17.1 Å². The van der Waals surface area contributed by atoms with Crippen LogP contribution in [0.5, 0.6) is 0 Å². The number of para-hydroxylation sites is 1. The van der Waals surface area contributed by atoms with Gasteiger partial charge in [0.15, 0.2) is 0 Å². The molecule has 0 fully saturated rings. The van der Waals surface area contributed by atoms with Crippen molar-refractivity contribution >= 4 is 46.1 Å². The van der Waals surface area contributed by atoms with Crippen LogP contribution in [0.1, 0.15) is 38.3 Å². The Labute approximate surface area is 232 Å². The van der Waals surface area contributed by atoms with Gasteiger partial charge in [0.05, 0.1) is 23.9 Å². The number of hydrogen-bond donors (Lipinski definition) is 4. The Morgan fingerprint density at radius 3 is 2.65 bits per heavy atom. The normalized spacial score (nSPS) is 15.2. The van der Waals surface area contributed by atoms with E-state index >= 15 is 0 Å². The number of imidazole rings is 1. The predicted molar refractivity (Wildman–Crippen MR) is 154 cm³/mol. The number of nitrogens with one attached hydrogen (secondary N) is 4. The van der Waals surface area contributed by atoms with Gasteiger partial charge in [-0.1, -0.05) is 30.3 Å². The molecule has 4 amide bonds. The fourth-order valence-corrected chi connectivity index (χ4v) is 4.70. The van der Waals surface area contributed by atoms with Gasteiger partial charge in [-0.25, -0.2) is 14.6 Å². The predicted octanol–water partition coefficient (Wildman–Crippen LogP) is 5.58. The third kappa shape index (κ3) is 6.40. The monoisotopic (exact) mass is 540 g/mol. The van der Waals surface area contributed by atoms with Crippen molar-refractivity contribution in [3.63, 3.8) is 0 Å². The number of urea groups is 1. The standard InChI is InChI=1S/C30H32N6O4/c1-30(2,3)40-29(39)34-21-9-6-7-19(15-21)17-36-26-10-5-4-8-20(26)11-13-24(27(36)37)35-28(38)33-22-12-14-23-25(16-22)32-18-31-23/h4-10,12,14-16,18,24H,11,13,17H2,1-3H3,(H,31,32)(H,34,39)(H2,33,35,38). The van der Waals surface area contributed by atoms with E-state index in [4.69, 9.17) is 4.74 Å². The van der Waals surface area contributed by atoms with Crippen LogP contribution in [0.25, 0.3) is 11.0 Å². The van der Waals surface area contributed by atoms with Gasteiger partial charge in [-0.2, -0.15) is 0 Å². The summed E-state index contributed by atoms with van der Waals surface area (Å²) in [7, 11) is 0. The van der Waals surface area contributed by atoms with Crippen molar-refractivity contribution in [3.8, 4) is 0 Å². The van der Waals surface area contributed by atoms with Crippen molar-refractivity contribution in [2.45, 2.75) is 51.8 Å². The van der Waals surface area contributed by atoms with E-state index in [-0.39, 0.29) is 12.5 Å². The van der Waals surface area contributed by atoms with Gasteiger partial charge in [-0.05, 0) is 81.1 Å². The van der Waals surface area contributed by atoms with Crippen molar-refractivity contribution in [1.82, 2.24) is 15.3 Å². The van der Waals surface area contributed by atoms with Gasteiger partial charge < -0.3 is 25.3 Å². The third-order valence-electron chi connectivity index (χ3n) is 6.45. The Morgan fingerprint density at radius 2 is 1.82 bits per heavy atom. The zero-order valence-corrected chi connectivity index (χ0v) is 22.7. The molecule has 0 bridgehead atoms. The molecule has 4 N–H and O–H groups in total. The molecule has 0 aliphatic carbocycles. The Balaban J connectivity index is 1.32. The smallest absolute Gasteiger partial charge is 0.412 e. The van der Waals surface area contributed by atoms with Crippen molar-refractivity contribution < 1.29 is 19.1 Å². The summed E-state index contributed by atoms with van der Waals surface area (Å²) in [6.45, 7) is 5.66. The minimum absolute atomic E-state index is 0.213. The second-order valence-electron chi connectivity index (χ2n) is 10.7. The molecule has 5 rings (SSSR count). The Hall–Kier alpha value is -4.86. The second-order valence-corrected chi connectivity index (χ2v) is 10.7. The maximum absolute atomic E-state index is 13.8. The fourth-order valence-electron chi connectivity index (χ4n) is 4.70. The number of carbonyl (C=O) groups excluding carboxylic acids is 3. The number of ether oxygens (including phenoxy) is 1. The van der Waals surface area contributed by atoms with E-state index in [9.17, 15) is 14.4 Å². The van der Waals surface area contributed by atoms with Crippen molar-refractivity contribution in [2.75, 3.05) is 15.5 Å². The molecule has 1 aromatic heterocycles. The fraction of sp³-hybridized carbons (Fsp3) is 0.267. The SMILES string of the molecule is CC(C)(C)OC(=O)Nc1cccc(CN2C(=O)C(NC(=O)Nc3ccc4nc[nH]c4c3)CCc3ccccc32)c1. The van der Waals surface area contributed by atoms with Crippen LogP contribution in [-0.4, -0.2) is 39.6 Å². The van der Waals surface area contributed by atoms with E-state index in [1.807, 2.05) is 48.5 Å². The summed E-state index contributed by atoms with van der Waals surface area (Å²) in [5.41, 5.74) is 4.76. The number of aryl methyl sites for hydroxylation is 1. The number of benzene rings is 3. The number of H-pyrrole nitrogens is 1. The topological polar surface area (TPSA) is 128 Å². The molecule has 1 unspecified atom stereocenters. The maximum Gasteiger partial charge on any atom is 0.412 e. The highest BCUT2D eigenvalue weighted by atomic mass is 16.6. The van der Waals surface area contributed by atoms with Crippen LogP contribution in [0.3, 0.4) is 0 Å². The van der Waals surface area contributed by atoms with Gasteiger partial charge in [-0.3, -0.25) is 10.1 Å². The lowest BCUT2D eigenvalue weighted by molar-refractivity contribution is -0.120. The number of anilines is 3. The zero-order chi connectivity index (χ0) is 28.3. The van der Waals surface area contributed by atoms with Gasteiger partial charge in [-0.15, -0.1) is 0 Å². The molecule has 10 nitrogen and oxygen atoms in total. The summed E-state index contributed by atoms with van der Waals surface area (Å²) in [5.74, 6) is -0.213. The first-order valence-electron chi connectivity index (χ1n) is 13.1. The summed E-state index contributed by atoms with van der Waals surface area (Å²) in [6.07, 6.45) is 2.13. The van der Waals surface area contributed by atoms with Crippen LogP contribution < -0.4 is 20.9 Å². The average molecular weight is 541 g/mol. The molecule has 1 atom stereocenters. The lowest BCUT2D eigenvalue weighted by Crippen LogP contribution is -2.49. The van der Waals surface area contributed by atoms with Crippen molar-refractivity contribution in [1.29, 1.82) is 0 Å². The third-order valence-corrected chi connectivity index (χ3v) is 6.45. The second kappa shape index (κ2) is 11.1. The van der Waals surface area contributed by atoms with Crippen LogP contribution in [-0.2, 0) is 22.5 Å². The molecule has 0 saturated carbocycles. The first-order valence-corrected chi connectivity index (χ1v) is 13.1. The molecule has 206 valence electrons. The Kier molecular flexibility index (Phi) is 7.41. The molecule has 0 radical (unpaired) electrons.